The summed E-state index contributed by atoms with van der Waals surface area (Å²) < 4.78 is 11.5. The van der Waals surface area contributed by atoms with Crippen molar-refractivity contribution in [2.45, 2.75) is 38.8 Å². The Balaban J connectivity index is 3.47. The van der Waals surface area contributed by atoms with Crippen molar-refractivity contribution in [1.82, 2.24) is 0 Å². The molecule has 0 saturated carbocycles. The first kappa shape index (κ1) is 14.6. The third-order valence-corrected chi connectivity index (χ3v) is 3.80. The van der Waals surface area contributed by atoms with Crippen molar-refractivity contribution in [3.63, 3.8) is 0 Å². The molecule has 0 rings (SSSR count). The van der Waals surface area contributed by atoms with Gasteiger partial charge >= 0.3 is 8.56 Å². The lowest BCUT2D eigenvalue weighted by molar-refractivity contribution is 0.176. The number of hydrogen-bond acceptors (Lipinski definition) is 2. The monoisotopic (exact) mass is 228 g/mol. The second-order valence-corrected chi connectivity index (χ2v) is 7.34. The van der Waals surface area contributed by atoms with E-state index in [1.807, 2.05) is 12.2 Å². The zero-order valence-corrected chi connectivity index (χ0v) is 11.1. The zero-order valence-electron chi connectivity index (χ0n) is 10.1. The van der Waals surface area contributed by atoms with Crippen LogP contribution in [0.3, 0.4) is 0 Å². The number of hydrogen-bond donors (Lipinski definition) is 0. The standard InChI is InChI=1S/C12H24O2Si/c1-5-7-9-11-13-15(3,4)14-12-10-8-6-2/h5-6H,1-2,7-12H2,3-4H3. The first-order chi connectivity index (χ1) is 7.12. The van der Waals surface area contributed by atoms with Gasteiger partial charge in [-0.05, 0) is 38.8 Å². The first-order valence-electron chi connectivity index (χ1n) is 5.62. The van der Waals surface area contributed by atoms with Crippen LogP contribution >= 0.6 is 0 Å². The van der Waals surface area contributed by atoms with Crippen molar-refractivity contribution in [1.29, 1.82) is 0 Å². The molecule has 0 aromatic heterocycles. The fraction of sp³-hybridized carbons (Fsp3) is 0.667. The average molecular weight is 228 g/mol. The van der Waals surface area contributed by atoms with Gasteiger partial charge in [0.1, 0.15) is 0 Å². The Morgan fingerprint density at radius 3 is 1.67 bits per heavy atom. The average Bonchev–Trinajstić information content (AvgIpc) is 2.20. The summed E-state index contributed by atoms with van der Waals surface area (Å²) in [6, 6.07) is 0. The molecule has 0 aromatic rings. The summed E-state index contributed by atoms with van der Waals surface area (Å²) in [7, 11) is -1.87. The van der Waals surface area contributed by atoms with Crippen molar-refractivity contribution in [2.75, 3.05) is 13.2 Å². The molecule has 15 heavy (non-hydrogen) atoms. The summed E-state index contributed by atoms with van der Waals surface area (Å²) in [5, 5.41) is 0. The van der Waals surface area contributed by atoms with E-state index in [1.165, 1.54) is 0 Å². The molecule has 0 spiro atoms. The molecule has 2 nitrogen and oxygen atoms in total. The van der Waals surface area contributed by atoms with Crippen LogP contribution in [0.15, 0.2) is 25.3 Å². The molecule has 0 heterocycles. The number of allylic oxidation sites excluding steroid dienone is 2. The molecule has 0 fully saturated rings. The predicted molar refractivity (Wildman–Crippen MR) is 68.2 cm³/mol. The topological polar surface area (TPSA) is 18.5 Å². The molecule has 0 aliphatic rings. The third kappa shape index (κ3) is 9.91. The SMILES string of the molecule is C=CCCCO[Si](C)(C)OCCCC=C. The molecule has 3 heteroatoms. The predicted octanol–water partition coefficient (Wildman–Crippen LogP) is 3.65. The summed E-state index contributed by atoms with van der Waals surface area (Å²) in [6.07, 6.45) is 7.94. The van der Waals surface area contributed by atoms with E-state index >= 15 is 0 Å². The molecule has 0 saturated heterocycles. The highest BCUT2D eigenvalue weighted by atomic mass is 28.4. The van der Waals surface area contributed by atoms with Crippen LogP contribution in [0.5, 0.6) is 0 Å². The van der Waals surface area contributed by atoms with Crippen molar-refractivity contribution < 1.29 is 8.85 Å². The molecule has 0 unspecified atom stereocenters. The molecule has 0 aromatic carbocycles. The molecule has 0 aliphatic heterocycles. The Bertz CT molecular complexity index is 160. The molecule has 0 N–H and O–H groups in total. The van der Waals surface area contributed by atoms with Crippen molar-refractivity contribution in [3.8, 4) is 0 Å². The molecular weight excluding hydrogens is 204 g/mol. The van der Waals surface area contributed by atoms with Gasteiger partial charge in [-0.2, -0.15) is 0 Å². The Morgan fingerprint density at radius 2 is 1.33 bits per heavy atom. The quantitative estimate of drug-likeness (QED) is 0.323. The summed E-state index contributed by atoms with van der Waals surface area (Å²) in [4.78, 5) is 0. The summed E-state index contributed by atoms with van der Waals surface area (Å²) in [5.74, 6) is 0. The van der Waals surface area contributed by atoms with Crippen molar-refractivity contribution in [2.24, 2.45) is 0 Å². The lowest BCUT2D eigenvalue weighted by Gasteiger charge is -2.22. The highest BCUT2D eigenvalue weighted by Gasteiger charge is 2.23. The van der Waals surface area contributed by atoms with Gasteiger partial charge in [0.2, 0.25) is 0 Å². The smallest absolute Gasteiger partial charge is 0.331 e. The maximum Gasteiger partial charge on any atom is 0.331 e. The van der Waals surface area contributed by atoms with Gasteiger partial charge in [0.05, 0.1) is 0 Å². The summed E-state index contributed by atoms with van der Waals surface area (Å²) in [5.41, 5.74) is 0. The number of unbranched alkanes of at least 4 members (excludes halogenated alkanes) is 2. The van der Waals surface area contributed by atoms with E-state index in [0.717, 1.165) is 38.9 Å². The van der Waals surface area contributed by atoms with Gasteiger partial charge in [-0.25, -0.2) is 0 Å². The molecule has 88 valence electrons. The van der Waals surface area contributed by atoms with Crippen LogP contribution in [-0.4, -0.2) is 21.8 Å². The molecule has 0 amide bonds. The second kappa shape index (κ2) is 8.89. The fourth-order valence-electron chi connectivity index (χ4n) is 1.13. The Morgan fingerprint density at radius 1 is 0.933 bits per heavy atom. The van der Waals surface area contributed by atoms with Crippen LogP contribution in [0.1, 0.15) is 25.7 Å². The van der Waals surface area contributed by atoms with Crippen molar-refractivity contribution in [3.05, 3.63) is 25.3 Å². The molecular formula is C12H24O2Si. The van der Waals surface area contributed by atoms with Crippen LogP contribution in [-0.2, 0) is 8.85 Å². The van der Waals surface area contributed by atoms with E-state index < -0.39 is 8.56 Å². The van der Waals surface area contributed by atoms with Crippen LogP contribution in [0.25, 0.3) is 0 Å². The minimum atomic E-state index is -1.87. The highest BCUT2D eigenvalue weighted by molar-refractivity contribution is 6.64. The second-order valence-electron chi connectivity index (χ2n) is 3.96. The zero-order chi connectivity index (χ0) is 11.6. The van der Waals surface area contributed by atoms with Gasteiger partial charge in [0.25, 0.3) is 0 Å². The van der Waals surface area contributed by atoms with Crippen molar-refractivity contribution >= 4 is 8.56 Å². The highest BCUT2D eigenvalue weighted by Crippen LogP contribution is 2.08. The van der Waals surface area contributed by atoms with Crippen LogP contribution in [0, 0.1) is 0 Å². The lowest BCUT2D eigenvalue weighted by Crippen LogP contribution is -2.35. The lowest BCUT2D eigenvalue weighted by atomic mass is 10.3. The van der Waals surface area contributed by atoms with E-state index in [1.54, 1.807) is 0 Å². The third-order valence-electron chi connectivity index (χ3n) is 2.00. The molecule has 0 aliphatic carbocycles. The summed E-state index contributed by atoms with van der Waals surface area (Å²) in [6.45, 7) is 13.1. The van der Waals surface area contributed by atoms with Gasteiger partial charge in [0.15, 0.2) is 0 Å². The van der Waals surface area contributed by atoms with E-state index in [-0.39, 0.29) is 0 Å². The minimum absolute atomic E-state index is 0.784. The van der Waals surface area contributed by atoms with Gasteiger partial charge < -0.3 is 8.85 Å². The number of rotatable bonds is 10. The maximum atomic E-state index is 5.75. The Labute approximate surface area is 95.2 Å². The Kier molecular flexibility index (Phi) is 8.66. The Hall–Kier alpha value is -0.383. The molecule has 0 bridgehead atoms. The van der Waals surface area contributed by atoms with E-state index in [2.05, 4.69) is 26.3 Å². The summed E-state index contributed by atoms with van der Waals surface area (Å²) >= 11 is 0. The van der Waals surface area contributed by atoms with Gasteiger partial charge in [-0.1, -0.05) is 12.2 Å². The first-order valence-corrected chi connectivity index (χ1v) is 8.44. The maximum absolute atomic E-state index is 5.75. The largest absolute Gasteiger partial charge is 0.394 e. The fourth-order valence-corrected chi connectivity index (χ4v) is 2.49. The van der Waals surface area contributed by atoms with E-state index in [0.29, 0.717) is 0 Å². The molecule has 0 radical (unpaired) electrons. The van der Waals surface area contributed by atoms with Crippen LogP contribution < -0.4 is 0 Å². The van der Waals surface area contributed by atoms with Gasteiger partial charge in [-0.15, -0.1) is 13.2 Å². The molecule has 0 atom stereocenters. The van der Waals surface area contributed by atoms with Crippen LogP contribution in [0.2, 0.25) is 13.1 Å². The van der Waals surface area contributed by atoms with E-state index in [9.17, 15) is 0 Å². The van der Waals surface area contributed by atoms with Gasteiger partial charge in [0, 0.05) is 13.2 Å². The minimum Gasteiger partial charge on any atom is -0.394 e. The normalized spacial score (nSPS) is 11.3. The van der Waals surface area contributed by atoms with Crippen LogP contribution in [0.4, 0.5) is 0 Å². The van der Waals surface area contributed by atoms with E-state index in [4.69, 9.17) is 8.85 Å². The van der Waals surface area contributed by atoms with Gasteiger partial charge in [-0.3, -0.25) is 0 Å².